The molecule has 0 atom stereocenters. The molecule has 3 aromatic rings. The van der Waals surface area contributed by atoms with Crippen molar-refractivity contribution in [2.75, 3.05) is 10.2 Å². The Hall–Kier alpha value is -3.27. The van der Waals surface area contributed by atoms with Crippen LogP contribution in [0.15, 0.2) is 90.0 Å². The predicted molar refractivity (Wildman–Crippen MR) is 99.5 cm³/mol. The summed E-state index contributed by atoms with van der Waals surface area (Å²) in [6.45, 7) is 1.95. The van der Waals surface area contributed by atoms with Crippen LogP contribution in [-0.2, 0) is 0 Å². The molecule has 118 valence electrons. The van der Waals surface area contributed by atoms with Crippen molar-refractivity contribution in [1.82, 2.24) is 5.43 Å². The summed E-state index contributed by atoms with van der Waals surface area (Å²) < 4.78 is 0. The van der Waals surface area contributed by atoms with Crippen molar-refractivity contribution in [1.29, 1.82) is 0 Å². The zero-order valence-corrected chi connectivity index (χ0v) is 13.4. The van der Waals surface area contributed by atoms with Crippen molar-refractivity contribution in [2.24, 2.45) is 5.10 Å². The standard InChI is InChI=1S/C20H18N4/c1-16-21-23(19-10-6-3-7-11-19)24(22-16)20-14-12-18(13-15-20)17-8-4-2-5-9-17/h2-15H,1H3,(H,21,22). The molecule has 0 aliphatic carbocycles. The van der Waals surface area contributed by atoms with E-state index >= 15 is 0 Å². The van der Waals surface area contributed by atoms with Crippen LogP contribution in [0, 0.1) is 0 Å². The summed E-state index contributed by atoms with van der Waals surface area (Å²) in [7, 11) is 0. The second-order valence-electron chi connectivity index (χ2n) is 5.65. The normalized spacial score (nSPS) is 13.6. The minimum absolute atomic E-state index is 0.853. The minimum Gasteiger partial charge on any atom is -0.263 e. The fourth-order valence-corrected chi connectivity index (χ4v) is 2.74. The topological polar surface area (TPSA) is 30.9 Å². The highest BCUT2D eigenvalue weighted by atomic mass is 15.9. The lowest BCUT2D eigenvalue weighted by molar-refractivity contribution is 0.770. The van der Waals surface area contributed by atoms with Gasteiger partial charge >= 0.3 is 0 Å². The van der Waals surface area contributed by atoms with Gasteiger partial charge in [0.2, 0.25) is 0 Å². The number of nitrogens with one attached hydrogen (secondary N) is 1. The maximum absolute atomic E-state index is 4.58. The van der Waals surface area contributed by atoms with E-state index < -0.39 is 0 Å². The summed E-state index contributed by atoms with van der Waals surface area (Å²) in [6, 6.07) is 28.9. The molecule has 1 aliphatic heterocycles. The van der Waals surface area contributed by atoms with Gasteiger partial charge in [0.05, 0.1) is 11.4 Å². The van der Waals surface area contributed by atoms with Gasteiger partial charge in [0.15, 0.2) is 0 Å². The molecule has 0 radical (unpaired) electrons. The first kappa shape index (κ1) is 14.3. The number of hydrazine groups is 2. The Kier molecular flexibility index (Phi) is 3.63. The lowest BCUT2D eigenvalue weighted by Gasteiger charge is -2.28. The Morgan fingerprint density at radius 1 is 0.667 bits per heavy atom. The van der Waals surface area contributed by atoms with E-state index in [0.29, 0.717) is 0 Å². The van der Waals surface area contributed by atoms with Crippen LogP contribution < -0.4 is 15.7 Å². The van der Waals surface area contributed by atoms with Crippen LogP contribution in [0.3, 0.4) is 0 Å². The molecule has 0 fully saturated rings. The number of hydrazone groups is 1. The Labute approximate surface area is 141 Å². The van der Waals surface area contributed by atoms with Gasteiger partial charge in [-0.05, 0) is 42.3 Å². The summed E-state index contributed by atoms with van der Waals surface area (Å²) in [5.74, 6) is 0.853. The van der Waals surface area contributed by atoms with E-state index in [2.05, 4.69) is 59.1 Å². The molecule has 1 N–H and O–H groups in total. The molecular weight excluding hydrogens is 296 g/mol. The molecule has 24 heavy (non-hydrogen) atoms. The van der Waals surface area contributed by atoms with Crippen LogP contribution in [0.5, 0.6) is 0 Å². The Morgan fingerprint density at radius 2 is 1.25 bits per heavy atom. The number of benzene rings is 3. The Balaban J connectivity index is 1.64. The molecule has 3 aromatic carbocycles. The van der Waals surface area contributed by atoms with E-state index in [4.69, 9.17) is 0 Å². The van der Waals surface area contributed by atoms with Gasteiger partial charge in [-0.2, -0.15) is 10.2 Å². The quantitative estimate of drug-likeness (QED) is 0.775. The SMILES string of the molecule is CC1=NN(c2ccc(-c3ccccc3)cc2)N(c2ccccc2)N1. The fraction of sp³-hybridized carbons (Fsp3) is 0.0500. The van der Waals surface area contributed by atoms with Crippen molar-refractivity contribution >= 4 is 17.2 Å². The van der Waals surface area contributed by atoms with E-state index in [1.54, 1.807) is 0 Å². The maximum Gasteiger partial charge on any atom is 0.142 e. The zero-order valence-electron chi connectivity index (χ0n) is 13.4. The van der Waals surface area contributed by atoms with Crippen LogP contribution in [0.1, 0.15) is 6.92 Å². The molecule has 0 amide bonds. The molecule has 0 saturated heterocycles. The van der Waals surface area contributed by atoms with Gasteiger partial charge in [-0.25, -0.2) is 0 Å². The smallest absolute Gasteiger partial charge is 0.142 e. The number of hydrogen-bond acceptors (Lipinski definition) is 4. The lowest BCUT2D eigenvalue weighted by atomic mass is 10.1. The molecule has 0 unspecified atom stereocenters. The maximum atomic E-state index is 4.58. The van der Waals surface area contributed by atoms with E-state index in [-0.39, 0.29) is 0 Å². The van der Waals surface area contributed by atoms with Crippen molar-refractivity contribution in [3.63, 3.8) is 0 Å². The Morgan fingerprint density at radius 3 is 1.92 bits per heavy atom. The summed E-state index contributed by atoms with van der Waals surface area (Å²) >= 11 is 0. The monoisotopic (exact) mass is 314 g/mol. The highest BCUT2D eigenvalue weighted by Gasteiger charge is 2.23. The highest BCUT2D eigenvalue weighted by Crippen LogP contribution is 2.27. The largest absolute Gasteiger partial charge is 0.263 e. The van der Waals surface area contributed by atoms with Gasteiger partial charge in [-0.1, -0.05) is 60.7 Å². The first-order valence-corrected chi connectivity index (χ1v) is 7.94. The third-order valence-electron chi connectivity index (χ3n) is 3.91. The number of hydrogen-bond donors (Lipinski definition) is 1. The molecule has 0 saturated carbocycles. The number of rotatable bonds is 3. The average Bonchev–Trinajstić information content (AvgIpc) is 3.05. The first-order chi connectivity index (χ1) is 11.8. The summed E-state index contributed by atoms with van der Waals surface area (Å²) in [5.41, 5.74) is 7.71. The van der Waals surface area contributed by atoms with Crippen LogP contribution in [-0.4, -0.2) is 5.84 Å². The molecule has 1 heterocycles. The van der Waals surface area contributed by atoms with E-state index in [1.807, 2.05) is 53.6 Å². The van der Waals surface area contributed by atoms with Gasteiger partial charge < -0.3 is 0 Å². The number of para-hydroxylation sites is 1. The van der Waals surface area contributed by atoms with Gasteiger partial charge in [-0.3, -0.25) is 5.43 Å². The van der Waals surface area contributed by atoms with Crippen molar-refractivity contribution < 1.29 is 0 Å². The van der Waals surface area contributed by atoms with Gasteiger partial charge in [0.25, 0.3) is 0 Å². The molecular formula is C20H18N4. The van der Waals surface area contributed by atoms with Crippen LogP contribution in [0.25, 0.3) is 11.1 Å². The van der Waals surface area contributed by atoms with Gasteiger partial charge in [0, 0.05) is 0 Å². The van der Waals surface area contributed by atoms with E-state index in [9.17, 15) is 0 Å². The van der Waals surface area contributed by atoms with Crippen LogP contribution in [0.2, 0.25) is 0 Å². The zero-order chi connectivity index (χ0) is 16.4. The molecule has 4 rings (SSSR count). The second kappa shape index (κ2) is 6.08. The third kappa shape index (κ3) is 2.70. The number of anilines is 2. The number of nitrogens with zero attached hydrogens (tertiary/aromatic N) is 3. The Bertz CT molecular complexity index is 842. The number of amidine groups is 1. The molecule has 4 heteroatoms. The first-order valence-electron chi connectivity index (χ1n) is 7.94. The van der Waals surface area contributed by atoms with Crippen molar-refractivity contribution in [3.8, 4) is 11.1 Å². The van der Waals surface area contributed by atoms with Gasteiger partial charge in [0.1, 0.15) is 5.84 Å². The summed E-state index contributed by atoms with van der Waals surface area (Å²) in [5, 5.41) is 8.40. The van der Waals surface area contributed by atoms with Crippen LogP contribution >= 0.6 is 0 Å². The fourth-order valence-electron chi connectivity index (χ4n) is 2.74. The molecule has 0 spiro atoms. The molecule has 0 bridgehead atoms. The molecule has 1 aliphatic rings. The lowest BCUT2D eigenvalue weighted by Crippen LogP contribution is -2.44. The summed E-state index contributed by atoms with van der Waals surface area (Å²) in [6.07, 6.45) is 0. The van der Waals surface area contributed by atoms with E-state index in [1.165, 1.54) is 11.1 Å². The average molecular weight is 314 g/mol. The minimum atomic E-state index is 0.853. The van der Waals surface area contributed by atoms with Gasteiger partial charge in [-0.15, -0.1) is 5.10 Å². The van der Waals surface area contributed by atoms with Crippen LogP contribution in [0.4, 0.5) is 11.4 Å². The summed E-state index contributed by atoms with van der Waals surface area (Å²) in [4.78, 5) is 0. The highest BCUT2D eigenvalue weighted by molar-refractivity contribution is 5.86. The van der Waals surface area contributed by atoms with Crippen molar-refractivity contribution in [2.45, 2.75) is 6.92 Å². The predicted octanol–water partition coefficient (Wildman–Crippen LogP) is 4.43. The van der Waals surface area contributed by atoms with E-state index in [0.717, 1.165) is 17.2 Å². The third-order valence-corrected chi connectivity index (χ3v) is 3.91. The molecule has 4 nitrogen and oxygen atoms in total. The van der Waals surface area contributed by atoms with Crippen molar-refractivity contribution in [3.05, 3.63) is 84.9 Å². The molecule has 0 aromatic heterocycles. The second-order valence-corrected chi connectivity index (χ2v) is 5.65.